The SMILES string of the molecule is CCCCCCNC(=NC)NCc1ccc2c(c1)OCO2. The highest BCUT2D eigenvalue weighted by Crippen LogP contribution is 2.32. The molecule has 0 spiro atoms. The molecule has 5 nitrogen and oxygen atoms in total. The number of guanidine groups is 1. The number of nitrogens with zero attached hydrogens (tertiary/aromatic N) is 1. The molecule has 0 bridgehead atoms. The van der Waals surface area contributed by atoms with Crippen molar-refractivity contribution in [2.24, 2.45) is 4.99 Å². The highest BCUT2D eigenvalue weighted by Gasteiger charge is 2.13. The lowest BCUT2D eigenvalue weighted by atomic mass is 10.2. The van der Waals surface area contributed by atoms with Crippen LogP contribution in [-0.4, -0.2) is 26.3 Å². The van der Waals surface area contributed by atoms with Gasteiger partial charge in [-0.2, -0.15) is 0 Å². The van der Waals surface area contributed by atoms with Gasteiger partial charge in [0.25, 0.3) is 0 Å². The van der Waals surface area contributed by atoms with E-state index in [1.54, 1.807) is 7.05 Å². The molecule has 0 radical (unpaired) electrons. The Bertz CT molecular complexity index is 475. The Labute approximate surface area is 126 Å². The normalized spacial score (nSPS) is 13.3. The van der Waals surface area contributed by atoms with E-state index in [2.05, 4.69) is 22.5 Å². The van der Waals surface area contributed by atoms with Gasteiger partial charge in [0.15, 0.2) is 17.5 Å². The number of hydrogen-bond donors (Lipinski definition) is 2. The summed E-state index contributed by atoms with van der Waals surface area (Å²) in [6.07, 6.45) is 5.00. The van der Waals surface area contributed by atoms with Crippen molar-refractivity contribution >= 4 is 5.96 Å². The molecule has 0 aliphatic carbocycles. The maximum atomic E-state index is 5.38. The van der Waals surface area contributed by atoms with Gasteiger partial charge in [-0.05, 0) is 24.1 Å². The average molecular weight is 291 g/mol. The summed E-state index contributed by atoms with van der Waals surface area (Å²) in [5, 5.41) is 6.64. The third kappa shape index (κ3) is 4.85. The molecule has 0 aromatic heterocycles. The highest BCUT2D eigenvalue weighted by molar-refractivity contribution is 5.79. The fraction of sp³-hybridized carbons (Fsp3) is 0.562. The molecule has 0 atom stereocenters. The van der Waals surface area contributed by atoms with Gasteiger partial charge in [-0.25, -0.2) is 0 Å². The Morgan fingerprint density at radius 3 is 2.81 bits per heavy atom. The Morgan fingerprint density at radius 2 is 2.00 bits per heavy atom. The van der Waals surface area contributed by atoms with Crippen LogP contribution < -0.4 is 20.1 Å². The Kier molecular flexibility index (Phi) is 6.19. The van der Waals surface area contributed by atoms with Crippen LogP contribution in [0.15, 0.2) is 23.2 Å². The highest BCUT2D eigenvalue weighted by atomic mass is 16.7. The van der Waals surface area contributed by atoms with Crippen LogP contribution in [0.25, 0.3) is 0 Å². The molecule has 1 aromatic rings. The van der Waals surface area contributed by atoms with E-state index in [0.29, 0.717) is 13.3 Å². The summed E-state index contributed by atoms with van der Waals surface area (Å²) in [5.74, 6) is 2.47. The quantitative estimate of drug-likeness (QED) is 0.461. The molecule has 5 heteroatoms. The summed E-state index contributed by atoms with van der Waals surface area (Å²) < 4.78 is 10.7. The number of fused-ring (bicyclic) bond motifs is 1. The van der Waals surface area contributed by atoms with Crippen molar-refractivity contribution in [1.29, 1.82) is 0 Å². The fourth-order valence-corrected chi connectivity index (χ4v) is 2.22. The van der Waals surface area contributed by atoms with Gasteiger partial charge in [0.1, 0.15) is 0 Å². The molecule has 21 heavy (non-hydrogen) atoms. The third-order valence-electron chi connectivity index (χ3n) is 3.44. The van der Waals surface area contributed by atoms with Crippen molar-refractivity contribution < 1.29 is 9.47 Å². The largest absolute Gasteiger partial charge is 0.454 e. The van der Waals surface area contributed by atoms with Crippen LogP contribution in [0.1, 0.15) is 38.2 Å². The third-order valence-corrected chi connectivity index (χ3v) is 3.44. The molecule has 0 amide bonds. The van der Waals surface area contributed by atoms with Gasteiger partial charge in [-0.15, -0.1) is 0 Å². The maximum Gasteiger partial charge on any atom is 0.231 e. The van der Waals surface area contributed by atoms with Crippen LogP contribution >= 0.6 is 0 Å². The topological polar surface area (TPSA) is 54.9 Å². The number of hydrogen-bond acceptors (Lipinski definition) is 3. The van der Waals surface area contributed by atoms with Gasteiger partial charge in [0, 0.05) is 20.1 Å². The lowest BCUT2D eigenvalue weighted by Gasteiger charge is -2.12. The zero-order valence-corrected chi connectivity index (χ0v) is 12.9. The van der Waals surface area contributed by atoms with E-state index in [4.69, 9.17) is 9.47 Å². The first-order chi connectivity index (χ1) is 10.3. The molecule has 2 rings (SSSR count). The molecule has 1 aliphatic rings. The van der Waals surface area contributed by atoms with Gasteiger partial charge in [0.05, 0.1) is 0 Å². The number of rotatable bonds is 7. The molecule has 1 aliphatic heterocycles. The van der Waals surface area contributed by atoms with Crippen LogP contribution in [0, 0.1) is 0 Å². The lowest BCUT2D eigenvalue weighted by Crippen LogP contribution is -2.37. The minimum atomic E-state index is 0.313. The maximum absolute atomic E-state index is 5.38. The van der Waals surface area contributed by atoms with Gasteiger partial charge in [-0.1, -0.05) is 32.3 Å². The smallest absolute Gasteiger partial charge is 0.231 e. The number of unbranched alkanes of at least 4 members (excludes halogenated alkanes) is 3. The van der Waals surface area contributed by atoms with E-state index in [0.717, 1.165) is 29.6 Å². The predicted octanol–water partition coefficient (Wildman–Crippen LogP) is 2.66. The van der Waals surface area contributed by atoms with Crippen LogP contribution in [0.5, 0.6) is 11.5 Å². The first kappa shape index (κ1) is 15.5. The summed E-state index contributed by atoms with van der Waals surface area (Å²) in [6.45, 7) is 4.21. The van der Waals surface area contributed by atoms with E-state index in [1.165, 1.54) is 25.7 Å². The van der Waals surface area contributed by atoms with Crippen LogP contribution in [0.2, 0.25) is 0 Å². The minimum Gasteiger partial charge on any atom is -0.454 e. The number of ether oxygens (including phenoxy) is 2. The van der Waals surface area contributed by atoms with Crippen LogP contribution in [0.4, 0.5) is 0 Å². The second kappa shape index (κ2) is 8.39. The summed E-state index contributed by atoms with van der Waals surface area (Å²) in [5.41, 5.74) is 1.15. The second-order valence-electron chi connectivity index (χ2n) is 5.10. The van der Waals surface area contributed by atoms with Crippen LogP contribution in [-0.2, 0) is 6.54 Å². The number of benzene rings is 1. The van der Waals surface area contributed by atoms with E-state index < -0.39 is 0 Å². The van der Waals surface area contributed by atoms with Gasteiger partial charge in [0.2, 0.25) is 6.79 Å². The van der Waals surface area contributed by atoms with Gasteiger partial charge < -0.3 is 20.1 Å². The van der Waals surface area contributed by atoms with Crippen molar-refractivity contribution in [2.45, 2.75) is 39.2 Å². The molecular formula is C16H25N3O2. The van der Waals surface area contributed by atoms with Crippen LogP contribution in [0.3, 0.4) is 0 Å². The van der Waals surface area contributed by atoms with Crippen molar-refractivity contribution in [3.63, 3.8) is 0 Å². The van der Waals surface area contributed by atoms with E-state index in [9.17, 15) is 0 Å². The summed E-state index contributed by atoms with van der Waals surface area (Å²) in [7, 11) is 1.79. The monoisotopic (exact) mass is 291 g/mol. The lowest BCUT2D eigenvalue weighted by molar-refractivity contribution is 0.174. The minimum absolute atomic E-state index is 0.313. The van der Waals surface area contributed by atoms with Gasteiger partial charge >= 0.3 is 0 Å². The Hall–Kier alpha value is -1.91. The molecule has 0 saturated carbocycles. The molecule has 1 heterocycles. The number of aliphatic imine (C=N–C) groups is 1. The first-order valence-electron chi connectivity index (χ1n) is 7.66. The fourth-order valence-electron chi connectivity index (χ4n) is 2.22. The predicted molar refractivity (Wildman–Crippen MR) is 84.9 cm³/mol. The zero-order chi connectivity index (χ0) is 14.9. The summed E-state index contributed by atoms with van der Waals surface area (Å²) in [4.78, 5) is 4.23. The first-order valence-corrected chi connectivity index (χ1v) is 7.66. The van der Waals surface area contributed by atoms with Crippen molar-refractivity contribution in [2.75, 3.05) is 20.4 Å². The van der Waals surface area contributed by atoms with E-state index in [1.807, 2.05) is 18.2 Å². The molecule has 0 saturated heterocycles. The summed E-state index contributed by atoms with van der Waals surface area (Å²) >= 11 is 0. The summed E-state index contributed by atoms with van der Waals surface area (Å²) in [6, 6.07) is 5.99. The van der Waals surface area contributed by atoms with E-state index in [-0.39, 0.29) is 0 Å². The van der Waals surface area contributed by atoms with E-state index >= 15 is 0 Å². The standard InChI is InChI=1S/C16H25N3O2/c1-3-4-5-6-9-18-16(17-2)19-11-13-7-8-14-15(10-13)21-12-20-14/h7-8,10H,3-6,9,11-12H2,1-2H3,(H2,17,18,19). The van der Waals surface area contributed by atoms with Crippen molar-refractivity contribution in [3.05, 3.63) is 23.8 Å². The zero-order valence-electron chi connectivity index (χ0n) is 12.9. The molecule has 116 valence electrons. The van der Waals surface area contributed by atoms with Crippen molar-refractivity contribution in [3.8, 4) is 11.5 Å². The van der Waals surface area contributed by atoms with Gasteiger partial charge in [-0.3, -0.25) is 4.99 Å². The molecular weight excluding hydrogens is 266 g/mol. The average Bonchev–Trinajstić information content (AvgIpc) is 2.97. The van der Waals surface area contributed by atoms with Crippen molar-refractivity contribution in [1.82, 2.24) is 10.6 Å². The Balaban J connectivity index is 1.73. The Morgan fingerprint density at radius 1 is 1.14 bits per heavy atom. The number of nitrogens with one attached hydrogen (secondary N) is 2. The molecule has 1 aromatic carbocycles. The molecule has 0 unspecified atom stereocenters. The second-order valence-corrected chi connectivity index (χ2v) is 5.10. The molecule has 0 fully saturated rings. The molecule has 2 N–H and O–H groups in total.